The summed E-state index contributed by atoms with van der Waals surface area (Å²) in [7, 11) is 1.42. The number of benzene rings is 1. The van der Waals surface area contributed by atoms with Crippen molar-refractivity contribution in [1.82, 2.24) is 4.90 Å². The Morgan fingerprint density at radius 3 is 2.90 bits per heavy atom. The van der Waals surface area contributed by atoms with Gasteiger partial charge in [-0.25, -0.2) is 14.4 Å². The number of hydrogen-bond acceptors (Lipinski definition) is 5. The summed E-state index contributed by atoms with van der Waals surface area (Å²) in [4.78, 5) is 9.98. The highest BCUT2D eigenvalue weighted by Gasteiger charge is 2.43. The second-order valence-electron chi connectivity index (χ2n) is 4.53. The molecule has 1 fully saturated rings. The minimum Gasteiger partial charge on any atom is -0.494 e. The lowest BCUT2D eigenvalue weighted by atomic mass is 10.1. The van der Waals surface area contributed by atoms with E-state index in [2.05, 4.69) is 9.98 Å². The van der Waals surface area contributed by atoms with Crippen molar-refractivity contribution in [2.75, 3.05) is 13.8 Å². The predicted octanol–water partition coefficient (Wildman–Crippen LogP) is 2.19. The number of nitrogens with zero attached hydrogens (tertiary/aromatic N) is 3. The third-order valence-electron chi connectivity index (χ3n) is 3.23. The smallest absolute Gasteiger partial charge is 0.221 e. The molecule has 5 nitrogen and oxygen atoms in total. The van der Waals surface area contributed by atoms with Crippen molar-refractivity contribution in [2.45, 2.75) is 19.3 Å². The fourth-order valence-corrected chi connectivity index (χ4v) is 2.28. The van der Waals surface area contributed by atoms with Crippen LogP contribution < -0.4 is 4.74 Å². The molecule has 2 unspecified atom stereocenters. The Morgan fingerprint density at radius 1 is 1.50 bits per heavy atom. The summed E-state index contributed by atoms with van der Waals surface area (Å²) >= 11 is 5.86. The lowest BCUT2D eigenvalue weighted by molar-refractivity contribution is 0.260. The number of amidine groups is 2. The van der Waals surface area contributed by atoms with E-state index in [1.165, 1.54) is 7.11 Å². The number of rotatable bonds is 3. The highest BCUT2D eigenvalue weighted by atomic mass is 35.5. The molecule has 0 spiro atoms. The Hall–Kier alpha value is -1.66. The van der Waals surface area contributed by atoms with Gasteiger partial charge in [-0.3, -0.25) is 0 Å². The lowest BCUT2D eigenvalue weighted by Gasteiger charge is -2.25. The molecule has 3 rings (SSSR count). The highest BCUT2D eigenvalue weighted by molar-refractivity contribution is 6.66. The van der Waals surface area contributed by atoms with E-state index in [0.717, 1.165) is 0 Å². The van der Waals surface area contributed by atoms with Crippen LogP contribution in [0.2, 0.25) is 0 Å². The van der Waals surface area contributed by atoms with E-state index < -0.39 is 5.82 Å². The average Bonchev–Trinajstić information content (AvgIpc) is 3.16. The molecule has 2 aliphatic heterocycles. The highest BCUT2D eigenvalue weighted by Crippen LogP contribution is 2.30. The molecule has 20 heavy (non-hydrogen) atoms. The Balaban J connectivity index is 2.03. The van der Waals surface area contributed by atoms with E-state index >= 15 is 0 Å². The van der Waals surface area contributed by atoms with Gasteiger partial charge in [0.1, 0.15) is 18.6 Å². The van der Waals surface area contributed by atoms with Crippen molar-refractivity contribution in [2.24, 2.45) is 9.98 Å². The van der Waals surface area contributed by atoms with Crippen molar-refractivity contribution >= 4 is 22.7 Å². The third kappa shape index (κ3) is 2.25. The van der Waals surface area contributed by atoms with Gasteiger partial charge < -0.3 is 14.4 Å². The lowest BCUT2D eigenvalue weighted by Crippen LogP contribution is -2.38. The van der Waals surface area contributed by atoms with Gasteiger partial charge in [0.05, 0.1) is 12.7 Å². The first-order chi connectivity index (χ1) is 9.61. The van der Waals surface area contributed by atoms with Crippen molar-refractivity contribution < 1.29 is 13.9 Å². The van der Waals surface area contributed by atoms with Crippen LogP contribution in [0.1, 0.15) is 12.5 Å². The normalized spacial score (nSPS) is 25.1. The molecule has 2 atom stereocenters. The zero-order chi connectivity index (χ0) is 14.3. The summed E-state index contributed by atoms with van der Waals surface area (Å²) in [6.45, 7) is 2.23. The minimum atomic E-state index is -0.474. The maximum absolute atomic E-state index is 14.4. The Kier molecular flexibility index (Phi) is 3.35. The zero-order valence-electron chi connectivity index (χ0n) is 11.0. The average molecular weight is 298 g/mol. The van der Waals surface area contributed by atoms with Gasteiger partial charge in [-0.05, 0) is 30.7 Å². The van der Waals surface area contributed by atoms with Crippen molar-refractivity contribution in [3.8, 4) is 5.75 Å². The molecule has 0 N–H and O–H groups in total. The number of methoxy groups -OCH3 is 1. The van der Waals surface area contributed by atoms with Crippen LogP contribution in [0.5, 0.6) is 5.75 Å². The second-order valence-corrected chi connectivity index (χ2v) is 4.87. The number of halogens is 2. The van der Waals surface area contributed by atoms with Crippen LogP contribution in [0.25, 0.3) is 0 Å². The Labute approximate surface area is 120 Å². The molecule has 1 saturated heterocycles. The van der Waals surface area contributed by atoms with E-state index in [1.807, 2.05) is 6.92 Å². The molecule has 106 valence electrons. The van der Waals surface area contributed by atoms with Gasteiger partial charge >= 0.3 is 0 Å². The zero-order valence-corrected chi connectivity index (χ0v) is 11.8. The molecular formula is C13H13ClFN3O2. The predicted molar refractivity (Wildman–Crippen MR) is 73.8 cm³/mol. The maximum Gasteiger partial charge on any atom is 0.221 e. The van der Waals surface area contributed by atoms with Crippen LogP contribution in [0.3, 0.4) is 0 Å². The van der Waals surface area contributed by atoms with Crippen molar-refractivity contribution in [1.29, 1.82) is 0 Å². The molecule has 0 saturated carbocycles. The summed E-state index contributed by atoms with van der Waals surface area (Å²) in [6.07, 6.45) is -0.0752. The van der Waals surface area contributed by atoms with Gasteiger partial charge in [0.25, 0.3) is 0 Å². The number of ether oxygens (including phenoxy) is 2. The van der Waals surface area contributed by atoms with Crippen LogP contribution >= 0.6 is 11.6 Å². The molecule has 7 heteroatoms. The van der Waals surface area contributed by atoms with Crippen molar-refractivity contribution in [3.63, 3.8) is 0 Å². The summed E-state index contributed by atoms with van der Waals surface area (Å²) in [6, 6.07) is 4.89. The fourth-order valence-electron chi connectivity index (χ4n) is 2.15. The van der Waals surface area contributed by atoms with Gasteiger partial charge in [-0.15, -0.1) is 0 Å². The van der Waals surface area contributed by atoms with Gasteiger partial charge in [0.2, 0.25) is 5.29 Å². The fraction of sp³-hybridized carbons (Fsp3) is 0.385. The van der Waals surface area contributed by atoms with Crippen LogP contribution in [0.4, 0.5) is 4.39 Å². The first kappa shape index (κ1) is 13.3. The van der Waals surface area contributed by atoms with Crippen LogP contribution in [0, 0.1) is 5.82 Å². The number of hydrogen-bond donors (Lipinski definition) is 0. The van der Waals surface area contributed by atoms with Crippen molar-refractivity contribution in [3.05, 3.63) is 29.6 Å². The van der Waals surface area contributed by atoms with Gasteiger partial charge in [-0.1, -0.05) is 6.07 Å². The topological polar surface area (TPSA) is 49.7 Å². The van der Waals surface area contributed by atoms with E-state index in [4.69, 9.17) is 21.1 Å². The molecule has 0 bridgehead atoms. The third-order valence-corrected chi connectivity index (χ3v) is 3.44. The standard InChI is InChI=1S/C13H13ClFN3O2/c1-7-12(20-7)18-6-16-13(14)17-11(18)8-4-3-5-9(19-2)10(8)15/h3-5,7,12H,6H2,1-2H3. The number of epoxide rings is 1. The molecule has 0 aromatic heterocycles. The molecule has 1 aromatic rings. The van der Waals surface area contributed by atoms with Gasteiger partial charge in [-0.2, -0.15) is 0 Å². The molecule has 0 radical (unpaired) electrons. The van der Waals surface area contributed by atoms with Crippen LogP contribution in [-0.4, -0.2) is 42.1 Å². The summed E-state index contributed by atoms with van der Waals surface area (Å²) in [5.41, 5.74) is 0.320. The van der Waals surface area contributed by atoms with Crippen LogP contribution in [0.15, 0.2) is 28.2 Å². The SMILES string of the molecule is COc1cccc(C2=NC(Cl)=NCN2C2OC2C)c1F. The van der Waals surface area contributed by atoms with Crippen LogP contribution in [-0.2, 0) is 4.74 Å². The quantitative estimate of drug-likeness (QED) is 0.635. The van der Waals surface area contributed by atoms with Gasteiger partial charge in [0, 0.05) is 0 Å². The molecule has 2 aliphatic rings. The van der Waals surface area contributed by atoms with E-state index in [-0.39, 0.29) is 23.4 Å². The monoisotopic (exact) mass is 297 g/mol. The summed E-state index contributed by atoms with van der Waals surface area (Å²) in [5, 5.41) is 0.103. The van der Waals surface area contributed by atoms with E-state index in [0.29, 0.717) is 18.1 Å². The first-order valence-electron chi connectivity index (χ1n) is 6.15. The largest absolute Gasteiger partial charge is 0.494 e. The summed E-state index contributed by atoms with van der Waals surface area (Å²) < 4.78 is 24.8. The maximum atomic E-state index is 14.4. The molecule has 0 aliphatic carbocycles. The molecule has 1 aromatic carbocycles. The van der Waals surface area contributed by atoms with Gasteiger partial charge in [0.15, 0.2) is 17.8 Å². The Bertz CT molecular complexity index is 605. The minimum absolute atomic E-state index is 0.0703. The Morgan fingerprint density at radius 2 is 2.25 bits per heavy atom. The first-order valence-corrected chi connectivity index (χ1v) is 6.53. The molecule has 0 amide bonds. The van der Waals surface area contributed by atoms with E-state index in [9.17, 15) is 4.39 Å². The second kappa shape index (κ2) is 5.03. The number of aliphatic imine (C=N–C) groups is 2. The van der Waals surface area contributed by atoms with E-state index in [1.54, 1.807) is 23.1 Å². The molecule has 2 heterocycles. The summed E-state index contributed by atoms with van der Waals surface area (Å²) in [5.74, 6) is 0.0997. The molecular weight excluding hydrogens is 285 g/mol.